The molecule has 1 unspecified atom stereocenters. The molecule has 0 aliphatic rings. The largest absolute Gasteiger partial charge is 0.493 e. The van der Waals surface area contributed by atoms with Gasteiger partial charge in [0.05, 0.1) is 52.1 Å². The Bertz CT molecular complexity index is 1600. The van der Waals surface area contributed by atoms with E-state index in [1.54, 1.807) is 24.4 Å². The molecule has 0 amide bonds. The van der Waals surface area contributed by atoms with Crippen LogP contribution in [0.1, 0.15) is 28.0 Å². The predicted octanol–water partition coefficient (Wildman–Crippen LogP) is 5.79. The van der Waals surface area contributed by atoms with Crippen LogP contribution in [0.4, 0.5) is 0 Å². The molecule has 1 atom stereocenters. The third-order valence-corrected chi connectivity index (χ3v) is 7.38. The van der Waals surface area contributed by atoms with Crippen LogP contribution in [0.25, 0.3) is 22.2 Å². The van der Waals surface area contributed by atoms with E-state index in [1.807, 2.05) is 67.6 Å². The average molecular weight is 542 g/mol. The van der Waals surface area contributed by atoms with Gasteiger partial charge in [-0.2, -0.15) is 0 Å². The summed E-state index contributed by atoms with van der Waals surface area (Å²) in [5, 5.41) is 9.63. The Kier molecular flexibility index (Phi) is 7.98. The number of carboxylic acid groups (broad SMARTS) is 1. The van der Waals surface area contributed by atoms with Gasteiger partial charge in [0.1, 0.15) is 11.5 Å². The summed E-state index contributed by atoms with van der Waals surface area (Å²) in [6, 6.07) is 23.8. The van der Waals surface area contributed by atoms with Gasteiger partial charge in [-0.25, -0.2) is 9.78 Å². The number of pyridine rings is 1. The maximum atomic E-state index is 12.9. The number of imidazole rings is 1. The summed E-state index contributed by atoms with van der Waals surface area (Å²) in [5.74, 6) is 0.718. The minimum absolute atomic E-state index is 0.239. The summed E-state index contributed by atoms with van der Waals surface area (Å²) in [5.41, 5.74) is 5.20. The maximum absolute atomic E-state index is 12.9. The number of ether oxygens (including phenoxy) is 2. The van der Waals surface area contributed by atoms with Crippen LogP contribution in [0.15, 0.2) is 90.2 Å². The van der Waals surface area contributed by atoms with Gasteiger partial charge in [0, 0.05) is 18.2 Å². The first kappa shape index (κ1) is 26.1. The van der Waals surface area contributed by atoms with Crippen molar-refractivity contribution in [2.75, 3.05) is 13.2 Å². The number of rotatable bonds is 11. The van der Waals surface area contributed by atoms with Gasteiger partial charge in [-0.1, -0.05) is 36.4 Å². The van der Waals surface area contributed by atoms with Gasteiger partial charge in [0.2, 0.25) is 0 Å². The highest BCUT2D eigenvalue weighted by molar-refractivity contribution is 7.84. The molecule has 3 aromatic carbocycles. The fourth-order valence-electron chi connectivity index (χ4n) is 4.10. The van der Waals surface area contributed by atoms with E-state index >= 15 is 0 Å². The molecule has 198 valence electrons. The lowest BCUT2D eigenvalue weighted by Crippen LogP contribution is -2.08. The molecule has 5 aromatic rings. The Morgan fingerprint density at radius 1 is 0.949 bits per heavy atom. The lowest BCUT2D eigenvalue weighted by Gasteiger charge is -2.12. The number of benzene rings is 3. The van der Waals surface area contributed by atoms with Gasteiger partial charge in [-0.3, -0.25) is 9.19 Å². The number of H-pyrrole nitrogens is 1. The zero-order valence-electron chi connectivity index (χ0n) is 21.3. The van der Waals surface area contributed by atoms with Gasteiger partial charge in [0.25, 0.3) is 0 Å². The minimum atomic E-state index is -1.36. The van der Waals surface area contributed by atoms with Gasteiger partial charge < -0.3 is 19.6 Å². The molecule has 2 aromatic heterocycles. The number of para-hydroxylation sites is 2. The number of nitrogens with one attached hydrogen (secondary N) is 1. The summed E-state index contributed by atoms with van der Waals surface area (Å²) in [7, 11) is -1.36. The van der Waals surface area contributed by atoms with Crippen molar-refractivity contribution in [3.8, 4) is 22.6 Å². The third kappa shape index (κ3) is 6.32. The van der Waals surface area contributed by atoms with E-state index in [-0.39, 0.29) is 11.3 Å². The summed E-state index contributed by atoms with van der Waals surface area (Å²) in [6.45, 7) is 2.84. The normalized spacial score (nSPS) is 11.8. The molecule has 39 heavy (non-hydrogen) atoms. The fourth-order valence-corrected chi connectivity index (χ4v) is 5.20. The zero-order chi connectivity index (χ0) is 27.2. The van der Waals surface area contributed by atoms with E-state index in [0.717, 1.165) is 33.5 Å². The van der Waals surface area contributed by atoms with Gasteiger partial charge >= 0.3 is 5.97 Å². The molecule has 0 radical (unpaired) electrons. The molecule has 5 rings (SSSR count). The van der Waals surface area contributed by atoms with Crippen molar-refractivity contribution in [3.63, 3.8) is 0 Å². The van der Waals surface area contributed by atoms with E-state index in [1.165, 1.54) is 0 Å². The first-order valence-electron chi connectivity index (χ1n) is 12.4. The number of hydrogen-bond donors (Lipinski definition) is 2. The predicted molar refractivity (Wildman–Crippen MR) is 150 cm³/mol. The van der Waals surface area contributed by atoms with E-state index in [0.29, 0.717) is 36.2 Å². The third-order valence-electron chi connectivity index (χ3n) is 6.22. The molecule has 0 saturated heterocycles. The van der Waals surface area contributed by atoms with E-state index < -0.39 is 16.8 Å². The molecule has 8 nitrogen and oxygen atoms in total. The van der Waals surface area contributed by atoms with Gasteiger partial charge in [-0.15, -0.1) is 0 Å². The van der Waals surface area contributed by atoms with Crippen LogP contribution >= 0.6 is 0 Å². The molecule has 0 fully saturated rings. The number of aromatic nitrogens is 3. The molecule has 2 heterocycles. The number of carbonyl (C=O) groups is 1. The first-order valence-corrected chi connectivity index (χ1v) is 13.8. The summed E-state index contributed by atoms with van der Waals surface area (Å²) < 4.78 is 24.7. The number of aromatic carboxylic acids is 1. The van der Waals surface area contributed by atoms with Crippen molar-refractivity contribution < 1.29 is 23.6 Å². The van der Waals surface area contributed by atoms with Crippen LogP contribution in [0.3, 0.4) is 0 Å². The highest BCUT2D eigenvalue weighted by atomic mass is 32.2. The Morgan fingerprint density at radius 2 is 1.74 bits per heavy atom. The van der Waals surface area contributed by atoms with Crippen molar-refractivity contribution in [2.24, 2.45) is 0 Å². The lowest BCUT2D eigenvalue weighted by molar-refractivity contribution is 0.0697. The van der Waals surface area contributed by atoms with E-state index in [9.17, 15) is 14.1 Å². The second-order valence-electron chi connectivity index (χ2n) is 8.89. The van der Waals surface area contributed by atoms with E-state index in [4.69, 9.17) is 9.47 Å². The van der Waals surface area contributed by atoms with Crippen molar-refractivity contribution in [3.05, 3.63) is 102 Å². The second kappa shape index (κ2) is 11.9. The van der Waals surface area contributed by atoms with Crippen LogP contribution in [-0.4, -0.2) is 43.5 Å². The standard InChI is InChI=1S/C30H27N3O5S/c1-20-27(19-39(36)30-32-25-8-2-3-9-26(25)33-30)31-15-14-28(20)38-17-5-16-37-24-12-10-21(11-13-24)22-6-4-7-23(18-22)29(34)35/h2-4,6-15,18H,5,16-17,19H2,1H3,(H,32,33)(H,34,35). The number of aromatic amines is 1. The smallest absolute Gasteiger partial charge is 0.335 e. The Morgan fingerprint density at radius 3 is 2.54 bits per heavy atom. The lowest BCUT2D eigenvalue weighted by atomic mass is 10.0. The van der Waals surface area contributed by atoms with Crippen LogP contribution in [0.5, 0.6) is 11.5 Å². The van der Waals surface area contributed by atoms with Crippen LogP contribution in [0.2, 0.25) is 0 Å². The fraction of sp³-hybridized carbons (Fsp3) is 0.167. The maximum Gasteiger partial charge on any atom is 0.335 e. The molecular formula is C30H27N3O5S. The molecule has 0 aliphatic carbocycles. The number of hydrogen-bond acceptors (Lipinski definition) is 6. The average Bonchev–Trinajstić information content (AvgIpc) is 3.40. The van der Waals surface area contributed by atoms with Crippen molar-refractivity contribution >= 4 is 27.8 Å². The Balaban J connectivity index is 1.11. The van der Waals surface area contributed by atoms with E-state index in [2.05, 4.69) is 15.0 Å². The quantitative estimate of drug-likeness (QED) is 0.204. The van der Waals surface area contributed by atoms with Gasteiger partial charge in [0.15, 0.2) is 5.16 Å². The SMILES string of the molecule is Cc1c(OCCCOc2ccc(-c3cccc(C(=O)O)c3)cc2)ccnc1CS(=O)c1nc2ccccc2[nH]1. The number of carboxylic acids is 1. The molecule has 0 bridgehead atoms. The highest BCUT2D eigenvalue weighted by Crippen LogP contribution is 2.25. The number of nitrogens with zero attached hydrogens (tertiary/aromatic N) is 2. The summed E-state index contributed by atoms with van der Waals surface area (Å²) >= 11 is 0. The minimum Gasteiger partial charge on any atom is -0.493 e. The topological polar surface area (TPSA) is 114 Å². The van der Waals surface area contributed by atoms with Crippen molar-refractivity contribution in [2.45, 2.75) is 24.3 Å². The van der Waals surface area contributed by atoms with Crippen LogP contribution in [0, 0.1) is 6.92 Å². The molecular weight excluding hydrogens is 514 g/mol. The Hall–Kier alpha value is -4.50. The molecule has 9 heteroatoms. The number of fused-ring (bicyclic) bond motifs is 1. The zero-order valence-corrected chi connectivity index (χ0v) is 22.1. The Labute approximate surface area is 228 Å². The van der Waals surface area contributed by atoms with Gasteiger partial charge in [-0.05, 0) is 60.5 Å². The molecule has 2 N–H and O–H groups in total. The van der Waals surface area contributed by atoms with Crippen molar-refractivity contribution in [1.29, 1.82) is 0 Å². The second-order valence-corrected chi connectivity index (χ2v) is 10.3. The van der Waals surface area contributed by atoms with Crippen molar-refractivity contribution in [1.82, 2.24) is 15.0 Å². The molecule has 0 spiro atoms. The molecule has 0 saturated carbocycles. The monoisotopic (exact) mass is 541 g/mol. The van der Waals surface area contributed by atoms with Crippen LogP contribution < -0.4 is 9.47 Å². The van der Waals surface area contributed by atoms with Crippen LogP contribution in [-0.2, 0) is 16.6 Å². The molecule has 0 aliphatic heterocycles. The summed E-state index contributed by atoms with van der Waals surface area (Å²) in [6.07, 6.45) is 2.34. The highest BCUT2D eigenvalue weighted by Gasteiger charge is 2.15. The first-order chi connectivity index (χ1) is 19.0. The summed E-state index contributed by atoms with van der Waals surface area (Å²) in [4.78, 5) is 23.2.